The van der Waals surface area contributed by atoms with Crippen molar-refractivity contribution in [2.45, 2.75) is 6.04 Å². The van der Waals surface area contributed by atoms with Crippen molar-refractivity contribution in [1.29, 1.82) is 0 Å². The summed E-state index contributed by atoms with van der Waals surface area (Å²) < 4.78 is 20.2. The number of nitrogens with zero attached hydrogens (tertiary/aromatic N) is 4. The highest BCUT2D eigenvalue weighted by atomic mass is 19.1. The predicted molar refractivity (Wildman–Crippen MR) is 104 cm³/mol. The molecule has 1 unspecified atom stereocenters. The van der Waals surface area contributed by atoms with Gasteiger partial charge in [-0.3, -0.25) is 14.4 Å². The lowest BCUT2D eigenvalue weighted by Crippen LogP contribution is -2.50. The molecule has 1 aromatic carbocycles. The third-order valence-corrected chi connectivity index (χ3v) is 5.21. The number of halogens is 1. The summed E-state index contributed by atoms with van der Waals surface area (Å²) in [6.45, 7) is 2.06. The number of aromatic nitrogens is 2. The van der Waals surface area contributed by atoms with Gasteiger partial charge in [0.2, 0.25) is 0 Å². The van der Waals surface area contributed by atoms with Crippen LogP contribution in [0, 0.1) is 5.82 Å². The first-order chi connectivity index (χ1) is 14.1. The molecule has 1 aliphatic heterocycles. The average Bonchev–Trinajstić information content (AvgIpc) is 3.39. The van der Waals surface area contributed by atoms with E-state index in [0.29, 0.717) is 37.6 Å². The van der Waals surface area contributed by atoms with Gasteiger partial charge in [0.05, 0.1) is 12.3 Å². The molecule has 0 N–H and O–H groups in total. The second-order valence-electron chi connectivity index (χ2n) is 6.98. The van der Waals surface area contributed by atoms with Gasteiger partial charge in [0.25, 0.3) is 5.91 Å². The van der Waals surface area contributed by atoms with Gasteiger partial charge in [0.15, 0.2) is 11.5 Å². The van der Waals surface area contributed by atoms with Crippen LogP contribution in [0.3, 0.4) is 0 Å². The highest BCUT2D eigenvalue weighted by Gasteiger charge is 2.28. The van der Waals surface area contributed by atoms with E-state index < -0.39 is 6.04 Å². The van der Waals surface area contributed by atoms with Crippen molar-refractivity contribution in [1.82, 2.24) is 19.6 Å². The Kier molecular flexibility index (Phi) is 5.26. The molecular weight excluding hydrogens is 375 g/mol. The molecule has 150 valence electrons. The molecule has 1 saturated heterocycles. The number of aryl methyl sites for hydroxylation is 1. The number of hydrogen-bond acceptors (Lipinski definition) is 5. The Bertz CT molecular complexity index is 990. The maximum atomic E-state index is 13.2. The fourth-order valence-corrected chi connectivity index (χ4v) is 3.63. The number of aldehydes is 1. The summed E-state index contributed by atoms with van der Waals surface area (Å²) in [6.07, 6.45) is 2.44. The summed E-state index contributed by atoms with van der Waals surface area (Å²) in [4.78, 5) is 28.3. The van der Waals surface area contributed by atoms with Crippen molar-refractivity contribution in [2.75, 3.05) is 26.2 Å². The van der Waals surface area contributed by atoms with Crippen LogP contribution in [0.2, 0.25) is 0 Å². The third-order valence-electron chi connectivity index (χ3n) is 5.21. The number of benzene rings is 1. The molecular formula is C21H21FN4O3. The second-order valence-corrected chi connectivity index (χ2v) is 6.98. The molecule has 1 fully saturated rings. The highest BCUT2D eigenvalue weighted by molar-refractivity contribution is 5.93. The summed E-state index contributed by atoms with van der Waals surface area (Å²) in [5.41, 5.74) is 1.83. The van der Waals surface area contributed by atoms with Crippen molar-refractivity contribution in [3.8, 4) is 11.5 Å². The van der Waals surface area contributed by atoms with Gasteiger partial charge in [-0.1, -0.05) is 12.1 Å². The minimum atomic E-state index is -0.451. The first-order valence-corrected chi connectivity index (χ1v) is 9.39. The Labute approximate surface area is 167 Å². The number of amides is 1. The molecule has 3 heterocycles. The first kappa shape index (κ1) is 19.1. The van der Waals surface area contributed by atoms with Gasteiger partial charge in [-0.05, 0) is 29.8 Å². The molecule has 1 aliphatic rings. The number of hydrogen-bond donors (Lipinski definition) is 0. The van der Waals surface area contributed by atoms with Crippen LogP contribution in [0.15, 0.2) is 53.1 Å². The van der Waals surface area contributed by atoms with Crippen molar-refractivity contribution in [2.24, 2.45) is 7.05 Å². The molecule has 7 nitrogen and oxygen atoms in total. The predicted octanol–water partition coefficient (Wildman–Crippen LogP) is 2.52. The average molecular weight is 396 g/mol. The van der Waals surface area contributed by atoms with Crippen LogP contribution in [0.25, 0.3) is 11.5 Å². The van der Waals surface area contributed by atoms with E-state index in [4.69, 9.17) is 4.42 Å². The number of carbonyl (C=O) groups excluding carboxylic acids is 2. The third kappa shape index (κ3) is 3.84. The van der Waals surface area contributed by atoms with E-state index in [2.05, 4.69) is 5.10 Å². The van der Waals surface area contributed by atoms with E-state index in [-0.39, 0.29) is 11.7 Å². The van der Waals surface area contributed by atoms with Crippen LogP contribution >= 0.6 is 0 Å². The Morgan fingerprint density at radius 1 is 1.17 bits per heavy atom. The lowest BCUT2D eigenvalue weighted by molar-refractivity contribution is -0.113. The van der Waals surface area contributed by atoms with E-state index in [9.17, 15) is 14.0 Å². The van der Waals surface area contributed by atoms with Crippen molar-refractivity contribution >= 4 is 12.2 Å². The topological polar surface area (TPSA) is 71.6 Å². The molecule has 1 atom stereocenters. The Morgan fingerprint density at radius 3 is 2.52 bits per heavy atom. The SMILES string of the molecule is Cn1nc(C(=O)N2CCN(C(C=O)c3ccc(F)cc3)CC2)cc1-c1ccco1. The summed E-state index contributed by atoms with van der Waals surface area (Å²) >= 11 is 0. The van der Waals surface area contributed by atoms with Crippen LogP contribution < -0.4 is 0 Å². The van der Waals surface area contributed by atoms with Crippen molar-refractivity contribution in [3.63, 3.8) is 0 Å². The fourth-order valence-electron chi connectivity index (χ4n) is 3.63. The lowest BCUT2D eigenvalue weighted by Gasteiger charge is -2.37. The van der Waals surface area contributed by atoms with Crippen LogP contribution in [-0.2, 0) is 11.8 Å². The maximum absolute atomic E-state index is 13.2. The van der Waals surface area contributed by atoms with Crippen LogP contribution in [-0.4, -0.2) is 58.0 Å². The normalized spacial score (nSPS) is 16.0. The summed E-state index contributed by atoms with van der Waals surface area (Å²) in [5, 5.41) is 4.33. The smallest absolute Gasteiger partial charge is 0.274 e. The zero-order chi connectivity index (χ0) is 20.4. The summed E-state index contributed by atoms with van der Waals surface area (Å²) in [6, 6.07) is 10.8. The molecule has 1 amide bonds. The van der Waals surface area contributed by atoms with E-state index >= 15 is 0 Å². The quantitative estimate of drug-likeness (QED) is 0.620. The number of carbonyl (C=O) groups is 2. The molecule has 4 rings (SSSR count). The van der Waals surface area contributed by atoms with Crippen molar-refractivity contribution in [3.05, 3.63) is 65.8 Å². The summed E-state index contributed by atoms with van der Waals surface area (Å²) in [5.74, 6) is 0.164. The van der Waals surface area contributed by atoms with Gasteiger partial charge in [-0.25, -0.2) is 4.39 Å². The first-order valence-electron chi connectivity index (χ1n) is 9.39. The number of furan rings is 1. The van der Waals surface area contributed by atoms with Gasteiger partial charge in [-0.15, -0.1) is 0 Å². The molecule has 0 spiro atoms. The van der Waals surface area contributed by atoms with Crippen molar-refractivity contribution < 1.29 is 18.4 Å². The Balaban J connectivity index is 1.43. The fraction of sp³-hybridized carbons (Fsp3) is 0.286. The molecule has 2 aromatic heterocycles. The molecule has 0 saturated carbocycles. The highest BCUT2D eigenvalue weighted by Crippen LogP contribution is 2.23. The van der Waals surface area contributed by atoms with Gasteiger partial charge < -0.3 is 14.1 Å². The Hall–Kier alpha value is -3.26. The van der Waals surface area contributed by atoms with E-state index in [1.165, 1.54) is 12.1 Å². The molecule has 0 aliphatic carbocycles. The van der Waals surface area contributed by atoms with E-state index in [0.717, 1.165) is 17.5 Å². The standard InChI is InChI=1S/C21H21FN4O3/c1-24-18(20-3-2-12-29-20)13-17(23-24)21(28)26-10-8-25(9-11-26)19(14-27)15-4-6-16(22)7-5-15/h2-7,12-14,19H,8-11H2,1H3. The van der Waals surface area contributed by atoms with Gasteiger partial charge >= 0.3 is 0 Å². The Morgan fingerprint density at radius 2 is 1.90 bits per heavy atom. The van der Waals surface area contributed by atoms with Crippen LogP contribution in [0.5, 0.6) is 0 Å². The number of rotatable bonds is 5. The molecule has 8 heteroatoms. The van der Waals surface area contributed by atoms with Crippen LogP contribution in [0.1, 0.15) is 22.1 Å². The van der Waals surface area contributed by atoms with E-state index in [1.54, 1.807) is 47.2 Å². The minimum absolute atomic E-state index is 0.150. The molecule has 3 aromatic rings. The van der Waals surface area contributed by atoms with Crippen LogP contribution in [0.4, 0.5) is 4.39 Å². The monoisotopic (exact) mass is 396 g/mol. The second kappa shape index (κ2) is 8.00. The van der Waals surface area contributed by atoms with Gasteiger partial charge in [-0.2, -0.15) is 5.10 Å². The number of piperazine rings is 1. The summed E-state index contributed by atoms with van der Waals surface area (Å²) in [7, 11) is 1.77. The molecule has 0 bridgehead atoms. The minimum Gasteiger partial charge on any atom is -0.463 e. The van der Waals surface area contributed by atoms with Gasteiger partial charge in [0, 0.05) is 39.3 Å². The van der Waals surface area contributed by atoms with Gasteiger partial charge in [0.1, 0.15) is 17.8 Å². The molecule has 0 radical (unpaired) electrons. The van der Waals surface area contributed by atoms with E-state index in [1.807, 2.05) is 11.0 Å². The zero-order valence-corrected chi connectivity index (χ0v) is 16.0. The zero-order valence-electron chi connectivity index (χ0n) is 16.0. The lowest BCUT2D eigenvalue weighted by atomic mass is 10.1. The largest absolute Gasteiger partial charge is 0.463 e. The maximum Gasteiger partial charge on any atom is 0.274 e. The molecule has 29 heavy (non-hydrogen) atoms.